The third-order valence-electron chi connectivity index (χ3n) is 2.35. The first-order valence-electron chi connectivity index (χ1n) is 4.74. The van der Waals surface area contributed by atoms with Crippen molar-refractivity contribution >= 4 is 11.5 Å². The quantitative estimate of drug-likeness (QED) is 0.696. The zero-order valence-corrected chi connectivity index (χ0v) is 8.81. The van der Waals surface area contributed by atoms with Crippen molar-refractivity contribution in [1.82, 2.24) is 9.78 Å². The Bertz CT molecular complexity index is 559. The van der Waals surface area contributed by atoms with Crippen LogP contribution in [0.5, 0.6) is 0 Å². The van der Waals surface area contributed by atoms with Gasteiger partial charge in [0.1, 0.15) is 17.5 Å². The lowest BCUT2D eigenvalue weighted by atomic mass is 10.2. The van der Waals surface area contributed by atoms with Crippen LogP contribution >= 0.6 is 0 Å². The SMILES string of the molecule is Cc1nn(-c2ccc(N)cc2)c(N)c1C#N. The van der Waals surface area contributed by atoms with Gasteiger partial charge >= 0.3 is 0 Å². The second-order valence-corrected chi connectivity index (χ2v) is 3.46. The van der Waals surface area contributed by atoms with Crippen LogP contribution in [0.4, 0.5) is 11.5 Å². The summed E-state index contributed by atoms with van der Waals surface area (Å²) in [4.78, 5) is 0. The first-order chi connectivity index (χ1) is 7.63. The number of aryl methyl sites for hydroxylation is 1. The second-order valence-electron chi connectivity index (χ2n) is 3.46. The van der Waals surface area contributed by atoms with Gasteiger partial charge in [-0.25, -0.2) is 4.68 Å². The first kappa shape index (κ1) is 10.1. The van der Waals surface area contributed by atoms with E-state index >= 15 is 0 Å². The monoisotopic (exact) mass is 213 g/mol. The molecule has 5 nitrogen and oxygen atoms in total. The number of nitrogens with zero attached hydrogens (tertiary/aromatic N) is 3. The molecule has 0 atom stereocenters. The van der Waals surface area contributed by atoms with Crippen LogP contribution in [0.15, 0.2) is 24.3 Å². The number of nitrogen functional groups attached to an aromatic ring is 2. The van der Waals surface area contributed by atoms with Crippen molar-refractivity contribution in [2.75, 3.05) is 11.5 Å². The van der Waals surface area contributed by atoms with E-state index in [-0.39, 0.29) is 0 Å². The Morgan fingerprint density at radius 1 is 1.25 bits per heavy atom. The molecule has 1 aromatic carbocycles. The highest BCUT2D eigenvalue weighted by atomic mass is 15.3. The standard InChI is InChI=1S/C11H11N5/c1-7-10(6-12)11(14)16(15-7)9-4-2-8(13)3-5-9/h2-5H,13-14H2,1H3. The van der Waals surface area contributed by atoms with Crippen molar-refractivity contribution in [2.24, 2.45) is 0 Å². The highest BCUT2D eigenvalue weighted by Crippen LogP contribution is 2.20. The molecule has 0 unspecified atom stereocenters. The predicted molar refractivity (Wildman–Crippen MR) is 61.8 cm³/mol. The molecule has 0 fully saturated rings. The largest absolute Gasteiger partial charge is 0.399 e. The number of benzene rings is 1. The molecule has 4 N–H and O–H groups in total. The van der Waals surface area contributed by atoms with Crippen molar-refractivity contribution < 1.29 is 0 Å². The van der Waals surface area contributed by atoms with E-state index in [1.807, 2.05) is 6.07 Å². The van der Waals surface area contributed by atoms with Crippen molar-refractivity contribution in [3.8, 4) is 11.8 Å². The van der Waals surface area contributed by atoms with Crippen molar-refractivity contribution in [3.05, 3.63) is 35.5 Å². The van der Waals surface area contributed by atoms with Crippen LogP contribution in [0.1, 0.15) is 11.3 Å². The third kappa shape index (κ3) is 1.46. The Kier molecular flexibility index (Phi) is 2.25. The van der Waals surface area contributed by atoms with Crippen molar-refractivity contribution in [1.29, 1.82) is 5.26 Å². The lowest BCUT2D eigenvalue weighted by molar-refractivity contribution is 0.872. The summed E-state index contributed by atoms with van der Waals surface area (Å²) in [6, 6.07) is 9.17. The predicted octanol–water partition coefficient (Wildman–Crippen LogP) is 1.22. The van der Waals surface area contributed by atoms with Crippen LogP contribution < -0.4 is 11.5 Å². The van der Waals surface area contributed by atoms with Crippen LogP contribution in [0.2, 0.25) is 0 Å². The van der Waals surface area contributed by atoms with Crippen LogP contribution in [0.25, 0.3) is 5.69 Å². The molecule has 80 valence electrons. The normalized spacial score (nSPS) is 10.0. The number of aromatic nitrogens is 2. The molecule has 0 aliphatic heterocycles. The Balaban J connectivity index is 2.58. The summed E-state index contributed by atoms with van der Waals surface area (Å²) >= 11 is 0. The van der Waals surface area contributed by atoms with Gasteiger partial charge in [-0.15, -0.1) is 0 Å². The highest BCUT2D eigenvalue weighted by molar-refractivity contribution is 5.56. The lowest BCUT2D eigenvalue weighted by Crippen LogP contribution is -2.02. The average molecular weight is 213 g/mol. The lowest BCUT2D eigenvalue weighted by Gasteiger charge is -2.03. The summed E-state index contributed by atoms with van der Waals surface area (Å²) in [5, 5.41) is 13.1. The fourth-order valence-electron chi connectivity index (χ4n) is 1.50. The number of hydrogen-bond acceptors (Lipinski definition) is 4. The van der Waals surface area contributed by atoms with Gasteiger partial charge in [0.2, 0.25) is 0 Å². The number of nitrogens with two attached hydrogens (primary N) is 2. The molecule has 0 amide bonds. The molecule has 0 saturated carbocycles. The molecule has 16 heavy (non-hydrogen) atoms. The van der Waals surface area contributed by atoms with E-state index in [4.69, 9.17) is 16.7 Å². The van der Waals surface area contributed by atoms with E-state index in [1.165, 1.54) is 4.68 Å². The molecule has 1 heterocycles. The Morgan fingerprint density at radius 3 is 2.38 bits per heavy atom. The number of rotatable bonds is 1. The fraction of sp³-hybridized carbons (Fsp3) is 0.0909. The summed E-state index contributed by atoms with van der Waals surface area (Å²) < 4.78 is 1.54. The maximum Gasteiger partial charge on any atom is 0.145 e. The summed E-state index contributed by atoms with van der Waals surface area (Å²) in [6.45, 7) is 1.75. The Morgan fingerprint density at radius 2 is 1.88 bits per heavy atom. The molecule has 2 aromatic rings. The average Bonchev–Trinajstić information content (AvgIpc) is 2.55. The number of anilines is 2. The fourth-order valence-corrected chi connectivity index (χ4v) is 1.50. The van der Waals surface area contributed by atoms with Crippen LogP contribution in [-0.2, 0) is 0 Å². The van der Waals surface area contributed by atoms with Gasteiger partial charge in [0.25, 0.3) is 0 Å². The second kappa shape index (κ2) is 3.59. The van der Waals surface area contributed by atoms with Gasteiger partial charge in [-0.3, -0.25) is 0 Å². The minimum atomic E-state index is 0.352. The molecule has 0 aliphatic rings. The van der Waals surface area contributed by atoms with E-state index in [2.05, 4.69) is 5.10 Å². The Hall–Kier alpha value is -2.48. The van der Waals surface area contributed by atoms with Gasteiger partial charge in [0.05, 0.1) is 11.4 Å². The van der Waals surface area contributed by atoms with Gasteiger partial charge in [-0.05, 0) is 31.2 Å². The van der Waals surface area contributed by atoms with Gasteiger partial charge in [-0.1, -0.05) is 0 Å². The molecule has 0 radical (unpaired) electrons. The van der Waals surface area contributed by atoms with Crippen molar-refractivity contribution in [2.45, 2.75) is 6.92 Å². The minimum absolute atomic E-state index is 0.352. The summed E-state index contributed by atoms with van der Waals surface area (Å²) in [7, 11) is 0. The highest BCUT2D eigenvalue weighted by Gasteiger charge is 2.12. The first-order valence-corrected chi connectivity index (χ1v) is 4.74. The van der Waals surface area contributed by atoms with Crippen LogP contribution in [0.3, 0.4) is 0 Å². The molecular weight excluding hydrogens is 202 g/mol. The number of nitriles is 1. The maximum absolute atomic E-state index is 8.90. The van der Waals surface area contributed by atoms with E-state index in [0.717, 1.165) is 5.69 Å². The molecule has 0 spiro atoms. The van der Waals surface area contributed by atoms with Gasteiger partial charge < -0.3 is 11.5 Å². The number of hydrogen-bond donors (Lipinski definition) is 2. The maximum atomic E-state index is 8.90. The molecule has 0 aliphatic carbocycles. The molecule has 0 saturated heterocycles. The zero-order chi connectivity index (χ0) is 11.7. The van der Waals surface area contributed by atoms with Gasteiger partial charge in [0, 0.05) is 5.69 Å². The molecule has 5 heteroatoms. The summed E-state index contributed by atoms with van der Waals surface area (Å²) in [5.41, 5.74) is 13.9. The van der Waals surface area contributed by atoms with Crippen LogP contribution in [-0.4, -0.2) is 9.78 Å². The summed E-state index contributed by atoms with van der Waals surface area (Å²) in [6.07, 6.45) is 0. The van der Waals surface area contributed by atoms with Crippen molar-refractivity contribution in [3.63, 3.8) is 0 Å². The van der Waals surface area contributed by atoms with Crippen LogP contribution in [0, 0.1) is 18.3 Å². The molecule has 1 aromatic heterocycles. The van der Waals surface area contributed by atoms with E-state index < -0.39 is 0 Å². The Labute approximate surface area is 92.9 Å². The van der Waals surface area contributed by atoms with Gasteiger partial charge in [0.15, 0.2) is 0 Å². The van der Waals surface area contributed by atoms with E-state index in [0.29, 0.717) is 22.8 Å². The van der Waals surface area contributed by atoms with Gasteiger partial charge in [-0.2, -0.15) is 10.4 Å². The van der Waals surface area contributed by atoms with E-state index in [1.54, 1.807) is 31.2 Å². The van der Waals surface area contributed by atoms with E-state index in [9.17, 15) is 0 Å². The smallest absolute Gasteiger partial charge is 0.145 e. The zero-order valence-electron chi connectivity index (χ0n) is 8.81. The minimum Gasteiger partial charge on any atom is -0.399 e. The summed E-state index contributed by atoms with van der Waals surface area (Å²) in [5.74, 6) is 0.352. The molecule has 0 bridgehead atoms. The molecular formula is C11H11N5. The topological polar surface area (TPSA) is 93.7 Å². The third-order valence-corrected chi connectivity index (χ3v) is 2.35. The molecule has 2 rings (SSSR count).